The van der Waals surface area contributed by atoms with Crippen molar-refractivity contribution in [1.29, 1.82) is 0 Å². The smallest absolute Gasteiger partial charge is 0.175 e. The fourth-order valence-corrected chi connectivity index (χ4v) is 5.00. The minimum Gasteiger partial charge on any atom is -0.388 e. The molecule has 18 heavy (non-hydrogen) atoms. The largest absolute Gasteiger partial charge is 0.388 e. The summed E-state index contributed by atoms with van der Waals surface area (Å²) >= 11 is 5.00. The van der Waals surface area contributed by atoms with Gasteiger partial charge in [0.05, 0.1) is 5.60 Å². The van der Waals surface area contributed by atoms with Gasteiger partial charge in [0.15, 0.2) is 8.68 Å². The van der Waals surface area contributed by atoms with E-state index in [1.54, 1.807) is 34.9 Å². The van der Waals surface area contributed by atoms with Gasteiger partial charge in [-0.3, -0.25) is 0 Å². The lowest BCUT2D eigenvalue weighted by Gasteiger charge is -2.28. The third-order valence-corrected chi connectivity index (χ3v) is 6.60. The molecule has 1 aromatic rings. The van der Waals surface area contributed by atoms with Gasteiger partial charge >= 0.3 is 0 Å². The first-order valence-corrected chi connectivity index (χ1v) is 9.13. The molecule has 0 amide bonds. The van der Waals surface area contributed by atoms with Gasteiger partial charge in [-0.25, -0.2) is 0 Å². The van der Waals surface area contributed by atoms with E-state index in [1.165, 1.54) is 0 Å². The van der Waals surface area contributed by atoms with Crippen molar-refractivity contribution in [2.45, 2.75) is 40.0 Å². The van der Waals surface area contributed by atoms with Gasteiger partial charge in [0.2, 0.25) is 0 Å². The van der Waals surface area contributed by atoms with Gasteiger partial charge in [0, 0.05) is 12.3 Å². The molecule has 0 radical (unpaired) electrons. The van der Waals surface area contributed by atoms with Crippen molar-refractivity contribution in [1.82, 2.24) is 10.2 Å². The van der Waals surface area contributed by atoms with Crippen LogP contribution in [0.5, 0.6) is 0 Å². The molecule has 1 aromatic heterocycles. The SMILES string of the molecule is CSc1nnc(SCCC2CCCC2(O)CN)s1. The van der Waals surface area contributed by atoms with Gasteiger partial charge in [-0.1, -0.05) is 41.3 Å². The predicted octanol–water partition coefficient (Wildman–Crippen LogP) is 2.23. The molecule has 0 bridgehead atoms. The molecule has 2 unspecified atom stereocenters. The Morgan fingerprint density at radius 3 is 2.94 bits per heavy atom. The number of hydrogen-bond donors (Lipinski definition) is 2. The molecule has 4 nitrogen and oxygen atoms in total. The maximum Gasteiger partial charge on any atom is 0.175 e. The fraction of sp³-hybridized carbons (Fsp3) is 0.818. The number of nitrogens with two attached hydrogens (primary N) is 1. The summed E-state index contributed by atoms with van der Waals surface area (Å²) in [5.74, 6) is 1.33. The molecule has 1 heterocycles. The van der Waals surface area contributed by atoms with E-state index in [2.05, 4.69) is 10.2 Å². The molecule has 1 saturated carbocycles. The van der Waals surface area contributed by atoms with Crippen LogP contribution in [-0.2, 0) is 0 Å². The molecule has 3 N–H and O–H groups in total. The minimum absolute atomic E-state index is 0.350. The second kappa shape index (κ2) is 6.56. The summed E-state index contributed by atoms with van der Waals surface area (Å²) in [5.41, 5.74) is 5.06. The van der Waals surface area contributed by atoms with Crippen LogP contribution in [0.4, 0.5) is 0 Å². The molecular formula is C11H19N3OS3. The minimum atomic E-state index is -0.619. The van der Waals surface area contributed by atoms with Crippen LogP contribution in [0.25, 0.3) is 0 Å². The zero-order valence-electron chi connectivity index (χ0n) is 10.5. The van der Waals surface area contributed by atoms with E-state index in [9.17, 15) is 5.11 Å². The third kappa shape index (κ3) is 3.39. The van der Waals surface area contributed by atoms with E-state index in [1.807, 2.05) is 6.26 Å². The molecule has 0 saturated heterocycles. The zero-order chi connectivity index (χ0) is 13.0. The van der Waals surface area contributed by atoms with E-state index in [-0.39, 0.29) is 0 Å². The number of nitrogens with zero attached hydrogens (tertiary/aromatic N) is 2. The fourth-order valence-electron chi connectivity index (χ4n) is 2.44. The molecule has 2 rings (SSSR count). The molecule has 2 atom stereocenters. The Balaban J connectivity index is 1.78. The summed E-state index contributed by atoms with van der Waals surface area (Å²) in [6.45, 7) is 0.387. The Labute approximate surface area is 120 Å². The lowest BCUT2D eigenvalue weighted by atomic mass is 9.89. The van der Waals surface area contributed by atoms with Crippen molar-refractivity contribution in [3.8, 4) is 0 Å². The van der Waals surface area contributed by atoms with Gasteiger partial charge in [0.25, 0.3) is 0 Å². The second-order valence-corrected chi connectivity index (χ2v) is 7.94. The Morgan fingerprint density at radius 2 is 2.28 bits per heavy atom. The summed E-state index contributed by atoms with van der Waals surface area (Å²) < 4.78 is 2.03. The Morgan fingerprint density at radius 1 is 1.50 bits per heavy atom. The van der Waals surface area contributed by atoms with Crippen molar-refractivity contribution in [3.05, 3.63) is 0 Å². The van der Waals surface area contributed by atoms with Crippen LogP contribution in [0.2, 0.25) is 0 Å². The topological polar surface area (TPSA) is 72.0 Å². The van der Waals surface area contributed by atoms with Crippen LogP contribution in [0.1, 0.15) is 25.7 Å². The summed E-state index contributed by atoms with van der Waals surface area (Å²) in [6.07, 6.45) is 6.06. The van der Waals surface area contributed by atoms with Gasteiger partial charge < -0.3 is 10.8 Å². The maximum atomic E-state index is 10.3. The standard InChI is InChI=1S/C11H19N3OS3/c1-16-9-13-14-10(18-9)17-6-4-8-3-2-5-11(8,15)7-12/h8,15H,2-7,12H2,1H3. The molecule has 1 aliphatic rings. The highest BCUT2D eigenvalue weighted by molar-refractivity contribution is 8.02. The lowest BCUT2D eigenvalue weighted by molar-refractivity contribution is 0.0104. The molecule has 0 aliphatic heterocycles. The van der Waals surface area contributed by atoms with E-state index in [4.69, 9.17) is 5.73 Å². The first kappa shape index (κ1) is 14.6. The summed E-state index contributed by atoms with van der Waals surface area (Å²) in [6, 6.07) is 0. The maximum absolute atomic E-state index is 10.3. The second-order valence-electron chi connectivity index (χ2n) is 4.57. The van der Waals surface area contributed by atoms with Crippen LogP contribution < -0.4 is 5.73 Å². The highest BCUT2D eigenvalue weighted by atomic mass is 32.2. The van der Waals surface area contributed by atoms with Crippen molar-refractivity contribution in [2.24, 2.45) is 11.7 Å². The van der Waals surface area contributed by atoms with Gasteiger partial charge in [0.1, 0.15) is 0 Å². The summed E-state index contributed by atoms with van der Waals surface area (Å²) in [7, 11) is 0. The van der Waals surface area contributed by atoms with Crippen molar-refractivity contribution >= 4 is 34.9 Å². The van der Waals surface area contributed by atoms with E-state index >= 15 is 0 Å². The third-order valence-electron chi connectivity index (χ3n) is 3.53. The van der Waals surface area contributed by atoms with E-state index in [0.29, 0.717) is 12.5 Å². The van der Waals surface area contributed by atoms with Crippen LogP contribution in [0.15, 0.2) is 8.68 Å². The highest BCUT2D eigenvalue weighted by Gasteiger charge is 2.39. The average molecular weight is 305 g/mol. The molecular weight excluding hydrogens is 286 g/mol. The van der Waals surface area contributed by atoms with Crippen LogP contribution in [-0.4, -0.2) is 39.5 Å². The normalized spacial score (nSPS) is 27.8. The number of hydrogen-bond acceptors (Lipinski definition) is 7. The van der Waals surface area contributed by atoms with Crippen LogP contribution >= 0.6 is 34.9 Å². The number of aromatic nitrogens is 2. The van der Waals surface area contributed by atoms with E-state index in [0.717, 1.165) is 40.1 Å². The van der Waals surface area contributed by atoms with Gasteiger partial charge in [-0.05, 0) is 31.4 Å². The number of rotatable bonds is 6. The summed E-state index contributed by atoms with van der Waals surface area (Å²) in [5, 5.41) is 18.5. The lowest BCUT2D eigenvalue weighted by Crippen LogP contribution is -2.41. The van der Waals surface area contributed by atoms with Crippen molar-refractivity contribution < 1.29 is 5.11 Å². The van der Waals surface area contributed by atoms with E-state index < -0.39 is 5.60 Å². The highest BCUT2D eigenvalue weighted by Crippen LogP contribution is 2.38. The first-order chi connectivity index (χ1) is 8.68. The zero-order valence-corrected chi connectivity index (χ0v) is 12.9. The molecule has 0 aromatic carbocycles. The number of thioether (sulfide) groups is 2. The molecule has 0 spiro atoms. The molecule has 102 valence electrons. The van der Waals surface area contributed by atoms with Crippen LogP contribution in [0, 0.1) is 5.92 Å². The quantitative estimate of drug-likeness (QED) is 0.785. The van der Waals surface area contributed by atoms with Gasteiger partial charge in [-0.15, -0.1) is 10.2 Å². The van der Waals surface area contributed by atoms with Crippen LogP contribution in [0.3, 0.4) is 0 Å². The first-order valence-electron chi connectivity index (χ1n) is 6.10. The Bertz CT molecular complexity index is 387. The number of aliphatic hydroxyl groups is 1. The Hall–Kier alpha value is 0.180. The predicted molar refractivity (Wildman–Crippen MR) is 78.4 cm³/mol. The molecule has 1 aliphatic carbocycles. The average Bonchev–Trinajstić information content (AvgIpc) is 2.98. The molecule has 1 fully saturated rings. The van der Waals surface area contributed by atoms with Crippen molar-refractivity contribution in [2.75, 3.05) is 18.6 Å². The van der Waals surface area contributed by atoms with Crippen molar-refractivity contribution in [3.63, 3.8) is 0 Å². The summed E-state index contributed by atoms with van der Waals surface area (Å²) in [4.78, 5) is 0. The van der Waals surface area contributed by atoms with Gasteiger partial charge in [-0.2, -0.15) is 0 Å². The monoisotopic (exact) mass is 305 g/mol. The Kier molecular flexibility index (Phi) is 5.32. The molecule has 7 heteroatoms.